The quantitative estimate of drug-likeness (QED) is 0.763. The molecule has 1 atom stereocenters. The van der Waals surface area contributed by atoms with Crippen molar-refractivity contribution in [3.63, 3.8) is 0 Å². The van der Waals surface area contributed by atoms with Crippen molar-refractivity contribution in [3.8, 4) is 5.75 Å². The topological polar surface area (TPSA) is 43.3 Å². The van der Waals surface area contributed by atoms with Crippen molar-refractivity contribution < 1.29 is 9.53 Å². The van der Waals surface area contributed by atoms with Gasteiger partial charge in [-0.05, 0) is 30.3 Å². The number of carbonyl (C=O) groups is 1. The smallest absolute Gasteiger partial charge is 0.268 e. The van der Waals surface area contributed by atoms with Crippen molar-refractivity contribution in [2.45, 2.75) is 12.5 Å². The highest BCUT2D eigenvalue weighted by atomic mass is 35.5. The van der Waals surface area contributed by atoms with Gasteiger partial charge in [0.1, 0.15) is 11.4 Å². The van der Waals surface area contributed by atoms with Crippen LogP contribution in [-0.2, 0) is 7.05 Å². The summed E-state index contributed by atoms with van der Waals surface area (Å²) < 4.78 is 7.55. The Balaban J connectivity index is 1.65. The van der Waals surface area contributed by atoms with Crippen LogP contribution < -0.4 is 10.1 Å². The number of hydrogen-bond donors (Lipinski definition) is 1. The van der Waals surface area contributed by atoms with E-state index in [1.54, 1.807) is 0 Å². The van der Waals surface area contributed by atoms with Gasteiger partial charge in [-0.25, -0.2) is 0 Å². The van der Waals surface area contributed by atoms with Crippen LogP contribution in [0.1, 0.15) is 28.5 Å². The number of rotatable bonds is 2. The first kappa shape index (κ1) is 15.1. The molecule has 0 bridgehead atoms. The fourth-order valence-corrected chi connectivity index (χ4v) is 3.44. The Morgan fingerprint density at radius 1 is 1.25 bits per heavy atom. The first-order valence-electron chi connectivity index (χ1n) is 7.91. The van der Waals surface area contributed by atoms with Gasteiger partial charge in [0.15, 0.2) is 0 Å². The number of hydrogen-bond acceptors (Lipinski definition) is 2. The zero-order valence-electron chi connectivity index (χ0n) is 13.3. The Morgan fingerprint density at radius 3 is 2.96 bits per heavy atom. The lowest BCUT2D eigenvalue weighted by atomic mass is 10.0. The van der Waals surface area contributed by atoms with Gasteiger partial charge in [-0.3, -0.25) is 4.79 Å². The molecule has 5 heteroatoms. The maximum absolute atomic E-state index is 12.8. The van der Waals surface area contributed by atoms with Crippen molar-refractivity contribution >= 4 is 28.4 Å². The molecule has 1 aromatic heterocycles. The fraction of sp³-hybridized carbons (Fsp3) is 0.211. The molecular weight excluding hydrogens is 324 g/mol. The van der Waals surface area contributed by atoms with Gasteiger partial charge in [0.2, 0.25) is 0 Å². The summed E-state index contributed by atoms with van der Waals surface area (Å²) in [5.41, 5.74) is 2.63. The Bertz CT molecular complexity index is 932. The van der Waals surface area contributed by atoms with Gasteiger partial charge >= 0.3 is 0 Å². The number of benzene rings is 2. The van der Waals surface area contributed by atoms with Crippen LogP contribution in [0, 0.1) is 0 Å². The van der Waals surface area contributed by atoms with Crippen LogP contribution in [0.4, 0.5) is 0 Å². The minimum atomic E-state index is -0.0912. The van der Waals surface area contributed by atoms with Crippen molar-refractivity contribution in [3.05, 3.63) is 64.8 Å². The zero-order chi connectivity index (χ0) is 16.7. The summed E-state index contributed by atoms with van der Waals surface area (Å²) in [5, 5.41) is 4.76. The Kier molecular flexibility index (Phi) is 3.69. The summed E-state index contributed by atoms with van der Waals surface area (Å²) in [4.78, 5) is 12.8. The van der Waals surface area contributed by atoms with Crippen molar-refractivity contribution in [1.29, 1.82) is 0 Å². The van der Waals surface area contributed by atoms with Gasteiger partial charge in [0.05, 0.1) is 12.6 Å². The minimum Gasteiger partial charge on any atom is -0.493 e. The number of halogens is 1. The molecule has 0 saturated heterocycles. The summed E-state index contributed by atoms with van der Waals surface area (Å²) in [6.45, 7) is 0.604. The lowest BCUT2D eigenvalue weighted by Gasteiger charge is -2.26. The van der Waals surface area contributed by atoms with Gasteiger partial charge in [-0.1, -0.05) is 29.8 Å². The van der Waals surface area contributed by atoms with E-state index < -0.39 is 0 Å². The molecule has 3 aromatic rings. The van der Waals surface area contributed by atoms with E-state index in [2.05, 4.69) is 5.32 Å². The van der Waals surface area contributed by atoms with E-state index >= 15 is 0 Å². The van der Waals surface area contributed by atoms with E-state index in [1.807, 2.05) is 60.1 Å². The van der Waals surface area contributed by atoms with E-state index in [0.717, 1.165) is 28.6 Å². The van der Waals surface area contributed by atoms with E-state index in [0.29, 0.717) is 17.3 Å². The molecule has 4 rings (SSSR count). The number of aromatic nitrogens is 1. The molecule has 0 fully saturated rings. The largest absolute Gasteiger partial charge is 0.493 e. The number of aryl methyl sites for hydroxylation is 1. The Hall–Kier alpha value is -2.46. The number of carbonyl (C=O) groups excluding carboxylic acids is 1. The molecule has 4 nitrogen and oxygen atoms in total. The Labute approximate surface area is 145 Å². The lowest BCUT2D eigenvalue weighted by Crippen LogP contribution is -2.33. The van der Waals surface area contributed by atoms with Crippen LogP contribution >= 0.6 is 11.6 Å². The van der Waals surface area contributed by atoms with Crippen molar-refractivity contribution in [1.82, 2.24) is 9.88 Å². The molecule has 1 N–H and O–H groups in total. The predicted octanol–water partition coefficient (Wildman–Crippen LogP) is 4.09. The van der Waals surface area contributed by atoms with Gasteiger partial charge in [0, 0.05) is 35.0 Å². The second-order valence-electron chi connectivity index (χ2n) is 5.99. The third kappa shape index (κ3) is 2.53. The first-order valence-corrected chi connectivity index (χ1v) is 8.29. The zero-order valence-corrected chi connectivity index (χ0v) is 14.0. The van der Waals surface area contributed by atoms with Crippen LogP contribution in [0.25, 0.3) is 10.9 Å². The minimum absolute atomic E-state index is 0.0379. The summed E-state index contributed by atoms with van der Waals surface area (Å²) in [6.07, 6.45) is 0.762. The van der Waals surface area contributed by atoms with Gasteiger partial charge < -0.3 is 14.6 Å². The maximum Gasteiger partial charge on any atom is 0.268 e. The Morgan fingerprint density at radius 2 is 2.08 bits per heavy atom. The summed E-state index contributed by atoms with van der Waals surface area (Å²) >= 11 is 6.05. The van der Waals surface area contributed by atoms with Gasteiger partial charge in [-0.15, -0.1) is 0 Å². The van der Waals surface area contributed by atoms with Gasteiger partial charge in [-0.2, -0.15) is 0 Å². The standard InChI is InChI=1S/C19H17ClN2O2/c1-22-16-7-6-13(20)10-12(16)11-17(22)19(23)21-15-8-9-24-18-5-3-2-4-14(15)18/h2-7,10-11,15H,8-9H2,1H3,(H,21,23). The highest BCUT2D eigenvalue weighted by Crippen LogP contribution is 2.32. The van der Waals surface area contributed by atoms with Crippen molar-refractivity contribution in [2.24, 2.45) is 7.05 Å². The number of ether oxygens (including phenoxy) is 1. The predicted molar refractivity (Wildman–Crippen MR) is 94.7 cm³/mol. The van der Waals surface area contributed by atoms with Crippen LogP contribution in [0.3, 0.4) is 0 Å². The highest BCUT2D eigenvalue weighted by Gasteiger charge is 2.24. The normalized spacial score (nSPS) is 16.5. The molecule has 1 unspecified atom stereocenters. The number of nitrogens with zero attached hydrogens (tertiary/aromatic N) is 1. The molecule has 0 aliphatic carbocycles. The number of amides is 1. The average Bonchev–Trinajstić information content (AvgIpc) is 2.91. The summed E-state index contributed by atoms with van der Waals surface area (Å²) in [5.74, 6) is 0.754. The second-order valence-corrected chi connectivity index (χ2v) is 6.43. The third-order valence-electron chi connectivity index (χ3n) is 4.50. The van der Waals surface area contributed by atoms with Crippen molar-refractivity contribution in [2.75, 3.05) is 6.61 Å². The first-order chi connectivity index (χ1) is 11.6. The summed E-state index contributed by atoms with van der Waals surface area (Å²) in [6, 6.07) is 15.3. The van der Waals surface area contributed by atoms with Crippen LogP contribution in [-0.4, -0.2) is 17.1 Å². The average molecular weight is 341 g/mol. The lowest BCUT2D eigenvalue weighted by molar-refractivity contribution is 0.0917. The van der Waals surface area contributed by atoms with E-state index in [-0.39, 0.29) is 11.9 Å². The number of nitrogens with one attached hydrogen (secondary N) is 1. The van der Waals surface area contributed by atoms with E-state index in [9.17, 15) is 4.79 Å². The van der Waals surface area contributed by atoms with Crippen LogP contribution in [0.15, 0.2) is 48.5 Å². The number of fused-ring (bicyclic) bond motifs is 2. The second kappa shape index (κ2) is 5.87. The third-order valence-corrected chi connectivity index (χ3v) is 4.74. The molecule has 122 valence electrons. The fourth-order valence-electron chi connectivity index (χ4n) is 3.26. The van der Waals surface area contributed by atoms with E-state index in [1.165, 1.54) is 0 Å². The molecule has 1 aliphatic heterocycles. The highest BCUT2D eigenvalue weighted by molar-refractivity contribution is 6.31. The molecule has 1 aliphatic rings. The molecule has 0 saturated carbocycles. The molecular formula is C19H17ClN2O2. The van der Waals surface area contributed by atoms with E-state index in [4.69, 9.17) is 16.3 Å². The summed E-state index contributed by atoms with van der Waals surface area (Å²) in [7, 11) is 1.89. The maximum atomic E-state index is 12.8. The molecule has 2 aromatic carbocycles. The molecule has 24 heavy (non-hydrogen) atoms. The molecule has 1 amide bonds. The van der Waals surface area contributed by atoms with Crippen LogP contribution in [0.2, 0.25) is 5.02 Å². The van der Waals surface area contributed by atoms with Gasteiger partial charge in [0.25, 0.3) is 5.91 Å². The monoisotopic (exact) mass is 340 g/mol. The van der Waals surface area contributed by atoms with Crippen LogP contribution in [0.5, 0.6) is 5.75 Å². The molecule has 0 radical (unpaired) electrons. The molecule has 0 spiro atoms. The molecule has 2 heterocycles. The number of para-hydroxylation sites is 1. The SMILES string of the molecule is Cn1c(C(=O)NC2CCOc3ccccc32)cc2cc(Cl)ccc21.